The number of anilines is 1. The van der Waals surface area contributed by atoms with E-state index in [1.807, 2.05) is 20.8 Å². The maximum Gasteiger partial charge on any atom is 0.255 e. The highest BCUT2D eigenvalue weighted by atomic mass is 16.5. The van der Waals surface area contributed by atoms with Gasteiger partial charge < -0.3 is 14.5 Å². The van der Waals surface area contributed by atoms with Crippen LogP contribution in [0.15, 0.2) is 57.7 Å². The van der Waals surface area contributed by atoms with Gasteiger partial charge in [0.25, 0.3) is 5.91 Å². The SMILES string of the molecule is CC(C)(C)Oc1ccc(C(=O)Nc2cccc3c(=O)cc(-c4nn[nH]n4)oc23)cc1. The third-order valence-corrected chi connectivity index (χ3v) is 4.11. The van der Waals surface area contributed by atoms with E-state index < -0.39 is 0 Å². The quantitative estimate of drug-likeness (QED) is 0.533. The minimum absolute atomic E-state index is 0.143. The van der Waals surface area contributed by atoms with Crippen molar-refractivity contribution in [2.24, 2.45) is 0 Å². The highest BCUT2D eigenvalue weighted by Gasteiger charge is 2.16. The number of benzene rings is 2. The van der Waals surface area contributed by atoms with E-state index in [4.69, 9.17) is 9.15 Å². The smallest absolute Gasteiger partial charge is 0.255 e. The standard InChI is InChI=1S/C21H19N5O4/c1-21(2,3)30-13-9-7-12(8-10-13)20(28)22-15-6-4-5-14-16(27)11-17(29-18(14)15)19-23-25-26-24-19/h4-11H,1-3H3,(H,22,28)(H,23,24,25,26). The van der Waals surface area contributed by atoms with Crippen LogP contribution in [0, 0.1) is 0 Å². The summed E-state index contributed by atoms with van der Waals surface area (Å²) < 4.78 is 11.6. The molecular formula is C21H19N5O4. The lowest BCUT2D eigenvalue weighted by molar-refractivity contribution is 0.102. The number of nitrogens with one attached hydrogen (secondary N) is 2. The van der Waals surface area contributed by atoms with Gasteiger partial charge in [-0.1, -0.05) is 6.07 Å². The number of hydrogen-bond donors (Lipinski definition) is 2. The van der Waals surface area contributed by atoms with Crippen molar-refractivity contribution in [1.29, 1.82) is 0 Å². The number of aromatic amines is 1. The normalized spacial score (nSPS) is 11.4. The Morgan fingerprint density at radius 3 is 2.57 bits per heavy atom. The molecule has 9 heteroatoms. The molecule has 1 amide bonds. The zero-order valence-electron chi connectivity index (χ0n) is 16.6. The molecule has 0 aliphatic heterocycles. The molecule has 0 aliphatic carbocycles. The Kier molecular flexibility index (Phi) is 4.78. The second-order valence-electron chi connectivity index (χ2n) is 7.59. The maximum atomic E-state index is 12.7. The molecule has 0 spiro atoms. The summed E-state index contributed by atoms with van der Waals surface area (Å²) in [5.41, 5.74) is 0.405. The van der Waals surface area contributed by atoms with Crippen molar-refractivity contribution in [1.82, 2.24) is 20.6 Å². The fourth-order valence-electron chi connectivity index (χ4n) is 2.87. The van der Waals surface area contributed by atoms with Crippen LogP contribution in [0.5, 0.6) is 5.75 Å². The largest absolute Gasteiger partial charge is 0.488 e. The van der Waals surface area contributed by atoms with Crippen molar-refractivity contribution in [3.8, 4) is 17.3 Å². The monoisotopic (exact) mass is 405 g/mol. The summed E-state index contributed by atoms with van der Waals surface area (Å²) in [7, 11) is 0. The molecule has 0 unspecified atom stereocenters. The zero-order valence-corrected chi connectivity index (χ0v) is 16.6. The summed E-state index contributed by atoms with van der Waals surface area (Å²) in [6, 6.07) is 13.0. The molecule has 4 aromatic rings. The number of para-hydroxylation sites is 1. The summed E-state index contributed by atoms with van der Waals surface area (Å²) in [5, 5.41) is 16.6. The fourth-order valence-corrected chi connectivity index (χ4v) is 2.87. The molecule has 152 valence electrons. The lowest BCUT2D eigenvalue weighted by Gasteiger charge is -2.21. The molecule has 0 fully saturated rings. The highest BCUT2D eigenvalue weighted by Crippen LogP contribution is 2.26. The number of ether oxygens (including phenoxy) is 1. The van der Waals surface area contributed by atoms with Crippen LogP contribution in [0.1, 0.15) is 31.1 Å². The summed E-state index contributed by atoms with van der Waals surface area (Å²) in [6.07, 6.45) is 0. The molecule has 2 heterocycles. The molecule has 0 aliphatic rings. The number of rotatable bonds is 4. The summed E-state index contributed by atoms with van der Waals surface area (Å²) in [4.78, 5) is 25.2. The Balaban J connectivity index is 1.65. The molecule has 9 nitrogen and oxygen atoms in total. The van der Waals surface area contributed by atoms with E-state index in [9.17, 15) is 9.59 Å². The van der Waals surface area contributed by atoms with Gasteiger partial charge in [0.05, 0.1) is 11.1 Å². The van der Waals surface area contributed by atoms with Gasteiger partial charge in [-0.2, -0.15) is 5.21 Å². The number of aromatic nitrogens is 4. The predicted molar refractivity (Wildman–Crippen MR) is 110 cm³/mol. The molecule has 4 rings (SSSR count). The van der Waals surface area contributed by atoms with E-state index in [0.717, 1.165) is 0 Å². The minimum Gasteiger partial charge on any atom is -0.488 e. The minimum atomic E-state index is -0.350. The van der Waals surface area contributed by atoms with Crippen molar-refractivity contribution in [3.63, 3.8) is 0 Å². The number of hydrogen-bond acceptors (Lipinski definition) is 7. The van der Waals surface area contributed by atoms with Crippen molar-refractivity contribution in [3.05, 3.63) is 64.3 Å². The van der Waals surface area contributed by atoms with Gasteiger partial charge in [-0.05, 0) is 62.4 Å². The van der Waals surface area contributed by atoms with E-state index >= 15 is 0 Å². The first-order chi connectivity index (χ1) is 14.3. The fraction of sp³-hybridized carbons (Fsp3) is 0.190. The van der Waals surface area contributed by atoms with Gasteiger partial charge in [-0.3, -0.25) is 9.59 Å². The molecular weight excluding hydrogens is 386 g/mol. The number of H-pyrrole nitrogens is 1. The van der Waals surface area contributed by atoms with Crippen LogP contribution >= 0.6 is 0 Å². The Morgan fingerprint density at radius 1 is 1.13 bits per heavy atom. The Bertz CT molecular complexity index is 1260. The third kappa shape index (κ3) is 4.04. The van der Waals surface area contributed by atoms with Crippen LogP contribution in [0.4, 0.5) is 5.69 Å². The first kappa shape index (κ1) is 19.3. The molecule has 0 bridgehead atoms. The molecule has 0 saturated heterocycles. The number of fused-ring (bicyclic) bond motifs is 1. The Hall–Kier alpha value is -4.01. The number of tetrazole rings is 1. The van der Waals surface area contributed by atoms with Gasteiger partial charge >= 0.3 is 0 Å². The topological polar surface area (TPSA) is 123 Å². The van der Waals surface area contributed by atoms with Crippen LogP contribution in [0.2, 0.25) is 0 Å². The first-order valence-electron chi connectivity index (χ1n) is 9.21. The van der Waals surface area contributed by atoms with E-state index in [2.05, 4.69) is 25.9 Å². The summed E-state index contributed by atoms with van der Waals surface area (Å²) in [5.74, 6) is 0.605. The van der Waals surface area contributed by atoms with Gasteiger partial charge in [0.1, 0.15) is 11.4 Å². The van der Waals surface area contributed by atoms with Gasteiger partial charge in [0.2, 0.25) is 5.82 Å². The molecule has 2 N–H and O–H groups in total. The second-order valence-corrected chi connectivity index (χ2v) is 7.59. The molecule has 30 heavy (non-hydrogen) atoms. The van der Waals surface area contributed by atoms with Crippen molar-refractivity contribution < 1.29 is 13.9 Å². The number of nitrogens with zero attached hydrogens (tertiary/aromatic N) is 3. The highest BCUT2D eigenvalue weighted by molar-refractivity contribution is 6.08. The second kappa shape index (κ2) is 7.43. The molecule has 0 saturated carbocycles. The van der Waals surface area contributed by atoms with E-state index in [1.165, 1.54) is 6.07 Å². The average Bonchev–Trinajstić information content (AvgIpc) is 3.22. The van der Waals surface area contributed by atoms with Crippen LogP contribution in [0.3, 0.4) is 0 Å². The van der Waals surface area contributed by atoms with Crippen molar-refractivity contribution in [2.45, 2.75) is 26.4 Å². The third-order valence-electron chi connectivity index (χ3n) is 4.11. The molecule has 0 radical (unpaired) electrons. The lowest BCUT2D eigenvalue weighted by Crippen LogP contribution is -2.23. The van der Waals surface area contributed by atoms with E-state index in [0.29, 0.717) is 22.4 Å². The number of carbonyl (C=O) groups is 1. The van der Waals surface area contributed by atoms with E-state index in [-0.39, 0.29) is 34.1 Å². The van der Waals surface area contributed by atoms with E-state index in [1.54, 1.807) is 42.5 Å². The van der Waals surface area contributed by atoms with Crippen LogP contribution in [0.25, 0.3) is 22.6 Å². The van der Waals surface area contributed by atoms with Crippen LogP contribution < -0.4 is 15.5 Å². The Labute approximate surface area is 171 Å². The number of amides is 1. The van der Waals surface area contributed by atoms with Crippen molar-refractivity contribution >= 4 is 22.6 Å². The van der Waals surface area contributed by atoms with Crippen molar-refractivity contribution in [2.75, 3.05) is 5.32 Å². The zero-order chi connectivity index (χ0) is 21.3. The molecule has 2 aromatic carbocycles. The van der Waals surface area contributed by atoms with Gasteiger partial charge in [-0.25, -0.2) is 0 Å². The first-order valence-corrected chi connectivity index (χ1v) is 9.21. The van der Waals surface area contributed by atoms with Crippen LogP contribution in [-0.4, -0.2) is 32.1 Å². The van der Waals surface area contributed by atoms with Gasteiger partial charge in [-0.15, -0.1) is 10.2 Å². The summed E-state index contributed by atoms with van der Waals surface area (Å²) in [6.45, 7) is 5.85. The predicted octanol–water partition coefficient (Wildman–Crippen LogP) is 3.40. The van der Waals surface area contributed by atoms with Crippen LogP contribution in [-0.2, 0) is 0 Å². The Morgan fingerprint density at radius 2 is 1.90 bits per heavy atom. The summed E-state index contributed by atoms with van der Waals surface area (Å²) >= 11 is 0. The molecule has 2 aromatic heterocycles. The maximum absolute atomic E-state index is 12.7. The average molecular weight is 405 g/mol. The van der Waals surface area contributed by atoms with Gasteiger partial charge in [0, 0.05) is 11.6 Å². The lowest BCUT2D eigenvalue weighted by atomic mass is 10.1. The number of carbonyl (C=O) groups excluding carboxylic acids is 1. The molecule has 0 atom stereocenters. The van der Waals surface area contributed by atoms with Gasteiger partial charge in [0.15, 0.2) is 16.8 Å².